The average molecular weight is 420 g/mol. The van der Waals surface area contributed by atoms with Gasteiger partial charge in [-0.25, -0.2) is 4.99 Å². The van der Waals surface area contributed by atoms with Crippen molar-refractivity contribution in [2.45, 2.75) is 6.42 Å². The number of aliphatic imine (C=N–C) groups is 1. The summed E-state index contributed by atoms with van der Waals surface area (Å²) in [6.45, 7) is 0.393. The van der Waals surface area contributed by atoms with E-state index in [1.54, 1.807) is 18.5 Å². The molecular weight excluding hydrogens is 404 g/mol. The monoisotopic (exact) mass is 419 g/mol. The highest BCUT2D eigenvalue weighted by Gasteiger charge is 2.12. The largest absolute Gasteiger partial charge is 0.493 e. The Hall–Kier alpha value is -2.70. The molecule has 28 heavy (non-hydrogen) atoms. The molecule has 2 aromatic heterocycles. The Kier molecular flexibility index (Phi) is 6.79. The molecule has 8 heteroatoms. The Balaban J connectivity index is 1.80. The molecule has 144 valence electrons. The summed E-state index contributed by atoms with van der Waals surface area (Å²) in [5.41, 5.74) is 1.41. The molecular formula is C20H16Cl2FN3O2. The van der Waals surface area contributed by atoms with Crippen LogP contribution in [-0.2, 0) is 6.42 Å². The number of rotatable bonds is 7. The standard InChI is InChI=1S/C20H16Cl2FN3O2/c1-27-17-3-2-14(20(23)26-19-15(21)11-25-12-16(19)22)10-18(17)28-9-6-13-4-7-24-8-5-13/h2-5,7-8,10-12H,6,9H2,1H3. The van der Waals surface area contributed by atoms with Gasteiger partial charge in [-0.2, -0.15) is 4.39 Å². The van der Waals surface area contributed by atoms with Gasteiger partial charge >= 0.3 is 0 Å². The second kappa shape index (κ2) is 9.48. The predicted octanol–water partition coefficient (Wildman–Crippen LogP) is 5.46. The van der Waals surface area contributed by atoms with Gasteiger partial charge in [0.25, 0.3) is 0 Å². The number of ether oxygens (including phenoxy) is 2. The fraction of sp³-hybridized carbons (Fsp3) is 0.150. The first-order valence-electron chi connectivity index (χ1n) is 8.32. The normalized spacial score (nSPS) is 11.4. The molecule has 2 heterocycles. The van der Waals surface area contributed by atoms with Gasteiger partial charge in [0.2, 0.25) is 5.97 Å². The van der Waals surface area contributed by atoms with Crippen LogP contribution in [0.1, 0.15) is 11.1 Å². The van der Waals surface area contributed by atoms with Crippen LogP contribution < -0.4 is 9.47 Å². The summed E-state index contributed by atoms with van der Waals surface area (Å²) in [5, 5.41) is 0.315. The van der Waals surface area contributed by atoms with Crippen LogP contribution in [0.15, 0.2) is 60.1 Å². The Labute approximate surface area is 171 Å². The number of hydrogen-bond acceptors (Lipinski definition) is 5. The van der Waals surface area contributed by atoms with E-state index >= 15 is 0 Å². The predicted molar refractivity (Wildman–Crippen MR) is 108 cm³/mol. The molecule has 0 bridgehead atoms. The molecule has 0 fully saturated rings. The second-order valence-electron chi connectivity index (χ2n) is 5.67. The van der Waals surface area contributed by atoms with Crippen LogP contribution in [0.3, 0.4) is 0 Å². The molecule has 0 saturated heterocycles. The first-order valence-corrected chi connectivity index (χ1v) is 9.07. The van der Waals surface area contributed by atoms with Crippen LogP contribution in [0, 0.1) is 0 Å². The lowest BCUT2D eigenvalue weighted by Gasteiger charge is -2.12. The number of halogens is 3. The minimum atomic E-state index is -0.753. The van der Waals surface area contributed by atoms with Crippen molar-refractivity contribution in [1.29, 1.82) is 0 Å². The zero-order chi connectivity index (χ0) is 19.9. The van der Waals surface area contributed by atoms with Gasteiger partial charge in [-0.05, 0) is 35.9 Å². The zero-order valence-corrected chi connectivity index (χ0v) is 16.4. The first-order chi connectivity index (χ1) is 13.6. The third-order valence-corrected chi connectivity index (χ3v) is 4.39. The number of benzene rings is 1. The first kappa shape index (κ1) is 20.0. The van der Waals surface area contributed by atoms with E-state index in [4.69, 9.17) is 32.7 Å². The molecule has 0 atom stereocenters. The van der Waals surface area contributed by atoms with Crippen molar-refractivity contribution in [3.63, 3.8) is 0 Å². The van der Waals surface area contributed by atoms with Crippen LogP contribution in [0.4, 0.5) is 10.1 Å². The highest BCUT2D eigenvalue weighted by atomic mass is 35.5. The summed E-state index contributed by atoms with van der Waals surface area (Å²) in [6.07, 6.45) is 6.81. The van der Waals surface area contributed by atoms with E-state index in [2.05, 4.69) is 15.0 Å². The zero-order valence-electron chi connectivity index (χ0n) is 14.9. The molecule has 3 aromatic rings. The van der Waals surface area contributed by atoms with E-state index in [1.807, 2.05) is 12.1 Å². The fourth-order valence-electron chi connectivity index (χ4n) is 2.42. The minimum absolute atomic E-state index is 0.117. The fourth-order valence-corrected chi connectivity index (χ4v) is 2.87. The summed E-state index contributed by atoms with van der Waals surface area (Å²) >= 11 is 12.0. The van der Waals surface area contributed by atoms with Gasteiger partial charge in [0.1, 0.15) is 5.69 Å². The molecule has 0 aliphatic carbocycles. The molecule has 0 spiro atoms. The molecule has 0 unspecified atom stereocenters. The maximum absolute atomic E-state index is 14.7. The van der Waals surface area contributed by atoms with Crippen molar-refractivity contribution in [2.75, 3.05) is 13.7 Å². The van der Waals surface area contributed by atoms with Crippen LogP contribution in [0.25, 0.3) is 0 Å². The molecule has 5 nitrogen and oxygen atoms in total. The van der Waals surface area contributed by atoms with Crippen molar-refractivity contribution >= 4 is 34.9 Å². The van der Waals surface area contributed by atoms with Gasteiger partial charge in [0.05, 0.1) is 23.8 Å². The molecule has 0 radical (unpaired) electrons. The lowest BCUT2D eigenvalue weighted by atomic mass is 10.2. The van der Waals surface area contributed by atoms with E-state index in [1.165, 1.54) is 31.6 Å². The van der Waals surface area contributed by atoms with E-state index in [9.17, 15) is 4.39 Å². The van der Waals surface area contributed by atoms with Crippen molar-refractivity contribution in [1.82, 2.24) is 9.97 Å². The van der Waals surface area contributed by atoms with Gasteiger partial charge in [0, 0.05) is 36.8 Å². The number of nitrogens with zero attached hydrogens (tertiary/aromatic N) is 3. The smallest absolute Gasteiger partial charge is 0.220 e. The Morgan fingerprint density at radius 3 is 2.43 bits per heavy atom. The molecule has 0 aliphatic rings. The second-order valence-corrected chi connectivity index (χ2v) is 6.49. The third-order valence-electron chi connectivity index (χ3n) is 3.84. The van der Waals surface area contributed by atoms with Crippen LogP contribution >= 0.6 is 23.2 Å². The topological polar surface area (TPSA) is 56.6 Å². The highest BCUT2D eigenvalue weighted by Crippen LogP contribution is 2.33. The molecule has 0 amide bonds. The van der Waals surface area contributed by atoms with Gasteiger partial charge < -0.3 is 9.47 Å². The van der Waals surface area contributed by atoms with E-state index in [0.29, 0.717) is 24.5 Å². The van der Waals surface area contributed by atoms with E-state index in [0.717, 1.165) is 5.56 Å². The Morgan fingerprint density at radius 1 is 1.04 bits per heavy atom. The van der Waals surface area contributed by atoms with E-state index in [-0.39, 0.29) is 21.3 Å². The Bertz CT molecular complexity index is 964. The summed E-state index contributed by atoms with van der Waals surface area (Å²) in [5.74, 6) is 0.147. The molecule has 3 rings (SSSR count). The van der Waals surface area contributed by atoms with Crippen molar-refractivity contribution in [3.05, 3.63) is 76.3 Å². The van der Waals surface area contributed by atoms with E-state index < -0.39 is 5.97 Å². The minimum Gasteiger partial charge on any atom is -0.493 e. The molecule has 0 N–H and O–H groups in total. The van der Waals surface area contributed by atoms with Crippen molar-refractivity contribution in [3.8, 4) is 11.5 Å². The molecule has 0 aliphatic heterocycles. The number of aromatic nitrogens is 2. The van der Waals surface area contributed by atoms with Crippen molar-refractivity contribution in [2.24, 2.45) is 4.99 Å². The summed E-state index contributed by atoms with van der Waals surface area (Å²) in [6, 6.07) is 8.49. The highest BCUT2D eigenvalue weighted by molar-refractivity contribution is 6.38. The Morgan fingerprint density at radius 2 is 1.75 bits per heavy atom. The lowest BCUT2D eigenvalue weighted by Crippen LogP contribution is -2.04. The van der Waals surface area contributed by atoms with Crippen molar-refractivity contribution < 1.29 is 13.9 Å². The number of pyridine rings is 2. The average Bonchev–Trinajstić information content (AvgIpc) is 2.71. The third kappa shape index (κ3) is 4.97. The molecule has 0 saturated carbocycles. The maximum atomic E-state index is 14.7. The summed E-state index contributed by atoms with van der Waals surface area (Å²) < 4.78 is 25.8. The van der Waals surface area contributed by atoms with Crippen LogP contribution in [-0.4, -0.2) is 29.7 Å². The number of hydrogen-bond donors (Lipinski definition) is 0. The van der Waals surface area contributed by atoms with Gasteiger partial charge in [0.15, 0.2) is 11.5 Å². The maximum Gasteiger partial charge on any atom is 0.220 e. The van der Waals surface area contributed by atoms with Gasteiger partial charge in [-0.15, -0.1) is 0 Å². The summed E-state index contributed by atoms with van der Waals surface area (Å²) in [4.78, 5) is 11.7. The SMILES string of the molecule is COc1ccc(C(F)=Nc2c(Cl)cncc2Cl)cc1OCCc1ccncc1. The van der Waals surface area contributed by atoms with Gasteiger partial charge in [-0.3, -0.25) is 9.97 Å². The lowest BCUT2D eigenvalue weighted by molar-refractivity contribution is 0.297. The quantitative estimate of drug-likeness (QED) is 0.477. The van der Waals surface area contributed by atoms with Crippen LogP contribution in [0.2, 0.25) is 10.0 Å². The summed E-state index contributed by atoms with van der Waals surface area (Å²) in [7, 11) is 1.52. The number of methoxy groups -OCH3 is 1. The molecule has 1 aromatic carbocycles. The van der Waals surface area contributed by atoms with Gasteiger partial charge in [-0.1, -0.05) is 23.2 Å². The van der Waals surface area contributed by atoms with Crippen LogP contribution in [0.5, 0.6) is 11.5 Å².